The fourth-order valence-corrected chi connectivity index (χ4v) is 3.94. The summed E-state index contributed by atoms with van der Waals surface area (Å²) in [4.78, 5) is 27.5. The van der Waals surface area contributed by atoms with Crippen molar-refractivity contribution in [2.24, 2.45) is 0 Å². The first-order chi connectivity index (χ1) is 14.8. The predicted octanol–water partition coefficient (Wildman–Crippen LogP) is 3.11. The molecule has 2 N–H and O–H groups in total. The lowest BCUT2D eigenvalue weighted by Gasteiger charge is -2.24. The van der Waals surface area contributed by atoms with Crippen LogP contribution in [0.15, 0.2) is 36.8 Å². The quantitative estimate of drug-likeness (QED) is 0.691. The van der Waals surface area contributed by atoms with E-state index in [2.05, 4.69) is 20.6 Å². The van der Waals surface area contributed by atoms with Crippen LogP contribution in [0, 0.1) is 0 Å². The molecule has 2 aliphatic rings. The molecule has 0 bridgehead atoms. The van der Waals surface area contributed by atoms with Gasteiger partial charge < -0.3 is 10.6 Å². The van der Waals surface area contributed by atoms with Crippen LogP contribution in [0.4, 0.5) is 11.6 Å². The van der Waals surface area contributed by atoms with Crippen LogP contribution in [0.1, 0.15) is 39.5 Å². The smallest absolute Gasteiger partial charge is 0.228 e. The molecule has 2 saturated heterocycles. The number of rotatable bonds is 4. The molecule has 0 spiro atoms. The van der Waals surface area contributed by atoms with E-state index in [9.17, 15) is 4.79 Å². The average molecular weight is 408 g/mol. The molecular weight excluding hydrogens is 378 g/mol. The monoisotopic (exact) mass is 407 g/mol. The summed E-state index contributed by atoms with van der Waals surface area (Å²) in [5, 5.41) is 6.94. The summed E-state index contributed by atoms with van der Waals surface area (Å²) >= 11 is 0. The van der Waals surface area contributed by atoms with E-state index in [1.807, 2.05) is 42.6 Å². The fourth-order valence-electron chi connectivity index (χ4n) is 3.94. The number of imidazole rings is 1. The van der Waals surface area contributed by atoms with E-state index in [1.54, 1.807) is 17.3 Å². The number of carbonyl (C=O) groups excluding carboxylic acids is 1. The van der Waals surface area contributed by atoms with E-state index in [4.69, 9.17) is 4.98 Å². The Balaban J connectivity index is 0.00000106. The Morgan fingerprint density at radius 1 is 1.17 bits per heavy atom. The third-order valence-corrected chi connectivity index (χ3v) is 5.39. The highest BCUT2D eigenvalue weighted by molar-refractivity contribution is 5.94. The number of nitrogens with one attached hydrogen (secondary N) is 2. The van der Waals surface area contributed by atoms with Gasteiger partial charge >= 0.3 is 0 Å². The van der Waals surface area contributed by atoms with Gasteiger partial charge in [0, 0.05) is 25.6 Å². The molecule has 2 fully saturated rings. The maximum Gasteiger partial charge on any atom is 0.228 e. The van der Waals surface area contributed by atoms with Crippen molar-refractivity contribution in [3.63, 3.8) is 0 Å². The lowest BCUT2D eigenvalue weighted by atomic mass is 10.1. The van der Waals surface area contributed by atoms with Crippen LogP contribution in [0.5, 0.6) is 0 Å². The molecule has 0 saturated carbocycles. The minimum Gasteiger partial charge on any atom is -0.366 e. The zero-order valence-electron chi connectivity index (χ0n) is 17.6. The van der Waals surface area contributed by atoms with Crippen molar-refractivity contribution in [3.05, 3.63) is 36.8 Å². The average Bonchev–Trinajstić information content (AvgIpc) is 3.41. The van der Waals surface area contributed by atoms with E-state index in [1.165, 1.54) is 6.42 Å². The van der Waals surface area contributed by atoms with Crippen LogP contribution in [0.25, 0.3) is 17.0 Å². The summed E-state index contributed by atoms with van der Waals surface area (Å²) in [6, 6.07) is 6.38. The highest BCUT2D eigenvalue weighted by Crippen LogP contribution is 2.24. The van der Waals surface area contributed by atoms with Crippen LogP contribution in [0.2, 0.25) is 0 Å². The van der Waals surface area contributed by atoms with Gasteiger partial charge in [0.2, 0.25) is 5.91 Å². The zero-order valence-corrected chi connectivity index (χ0v) is 17.6. The minimum absolute atomic E-state index is 0.124. The first kappa shape index (κ1) is 20.3. The summed E-state index contributed by atoms with van der Waals surface area (Å²) in [7, 11) is 0. The molecule has 0 aromatic carbocycles. The van der Waals surface area contributed by atoms with Gasteiger partial charge in [-0.1, -0.05) is 19.9 Å². The standard InChI is InChI=1S/C20H23N7O.C2H6/c28-20-7-3-9-26(20)19-13-27-16(11-22-18(27)12-23-19)15-5-1-6-17(25-15)24-14-4-2-8-21-10-14;1-2/h1,5-6,11-14,21H,2-4,7-10H2,(H,24,25);1-2H3. The third-order valence-electron chi connectivity index (χ3n) is 5.39. The fraction of sp³-hybridized carbons (Fsp3) is 0.455. The molecule has 3 aromatic heterocycles. The molecule has 8 heteroatoms. The summed E-state index contributed by atoms with van der Waals surface area (Å²) in [5.41, 5.74) is 2.46. The molecule has 5 rings (SSSR count). The van der Waals surface area contributed by atoms with Gasteiger partial charge in [-0.05, 0) is 37.9 Å². The number of hydrogen-bond acceptors (Lipinski definition) is 6. The largest absolute Gasteiger partial charge is 0.366 e. The summed E-state index contributed by atoms with van der Waals surface area (Å²) < 4.78 is 1.96. The van der Waals surface area contributed by atoms with Gasteiger partial charge in [0.1, 0.15) is 5.82 Å². The van der Waals surface area contributed by atoms with Crippen molar-refractivity contribution in [1.82, 2.24) is 24.7 Å². The van der Waals surface area contributed by atoms with E-state index in [-0.39, 0.29) is 5.91 Å². The number of carbonyl (C=O) groups is 1. The Bertz CT molecular complexity index is 1010. The second-order valence-electron chi connectivity index (χ2n) is 7.36. The molecule has 158 valence electrons. The first-order valence-electron chi connectivity index (χ1n) is 10.9. The highest BCUT2D eigenvalue weighted by atomic mass is 16.2. The van der Waals surface area contributed by atoms with E-state index >= 15 is 0 Å². The Labute approximate surface area is 176 Å². The number of nitrogens with zero attached hydrogens (tertiary/aromatic N) is 5. The van der Waals surface area contributed by atoms with Crippen molar-refractivity contribution < 1.29 is 4.79 Å². The third kappa shape index (κ3) is 4.14. The van der Waals surface area contributed by atoms with Gasteiger partial charge in [-0.3, -0.25) is 14.1 Å². The maximum atomic E-state index is 12.1. The van der Waals surface area contributed by atoms with Crippen molar-refractivity contribution in [3.8, 4) is 11.4 Å². The first-order valence-corrected chi connectivity index (χ1v) is 10.9. The Morgan fingerprint density at radius 2 is 2.07 bits per heavy atom. The Kier molecular flexibility index (Phi) is 6.23. The minimum atomic E-state index is 0.124. The second-order valence-corrected chi connectivity index (χ2v) is 7.36. The number of fused-ring (bicyclic) bond motifs is 1. The number of hydrogen-bond donors (Lipinski definition) is 2. The highest BCUT2D eigenvalue weighted by Gasteiger charge is 2.23. The van der Waals surface area contributed by atoms with Crippen molar-refractivity contribution in [1.29, 1.82) is 0 Å². The number of pyridine rings is 1. The molecule has 0 aliphatic carbocycles. The normalized spacial score (nSPS) is 18.9. The van der Waals surface area contributed by atoms with E-state index < -0.39 is 0 Å². The SMILES string of the molecule is CC.O=C1CCCN1c1cn2c(-c3cccc(NC4CCCNC4)n3)cnc2cn1. The number of amides is 1. The summed E-state index contributed by atoms with van der Waals surface area (Å²) in [6.45, 7) is 6.76. The molecule has 2 aliphatic heterocycles. The maximum absolute atomic E-state index is 12.1. The van der Waals surface area contributed by atoms with E-state index in [0.717, 1.165) is 48.8 Å². The lowest BCUT2D eigenvalue weighted by Crippen LogP contribution is -2.38. The second kappa shape index (κ2) is 9.21. The topological polar surface area (TPSA) is 87.5 Å². The number of anilines is 2. The van der Waals surface area contributed by atoms with Gasteiger partial charge in [-0.2, -0.15) is 0 Å². The molecule has 1 amide bonds. The molecule has 1 atom stereocenters. The van der Waals surface area contributed by atoms with Gasteiger partial charge in [0.15, 0.2) is 11.5 Å². The van der Waals surface area contributed by atoms with Crippen LogP contribution < -0.4 is 15.5 Å². The van der Waals surface area contributed by atoms with Crippen molar-refractivity contribution >= 4 is 23.2 Å². The van der Waals surface area contributed by atoms with Crippen molar-refractivity contribution in [2.45, 2.75) is 45.6 Å². The van der Waals surface area contributed by atoms with Crippen LogP contribution in [-0.4, -0.2) is 50.9 Å². The van der Waals surface area contributed by atoms with Gasteiger partial charge in [0.05, 0.1) is 30.0 Å². The number of piperidine rings is 1. The molecule has 3 aromatic rings. The molecule has 1 unspecified atom stereocenters. The van der Waals surface area contributed by atoms with Crippen molar-refractivity contribution in [2.75, 3.05) is 29.9 Å². The Hall–Kier alpha value is -3.00. The van der Waals surface area contributed by atoms with Crippen LogP contribution in [0.3, 0.4) is 0 Å². The lowest BCUT2D eigenvalue weighted by molar-refractivity contribution is -0.117. The summed E-state index contributed by atoms with van der Waals surface area (Å²) in [6.07, 6.45) is 9.18. The van der Waals surface area contributed by atoms with Gasteiger partial charge in [0.25, 0.3) is 0 Å². The zero-order chi connectivity index (χ0) is 20.9. The summed E-state index contributed by atoms with van der Waals surface area (Å²) in [5.74, 6) is 1.65. The number of aromatic nitrogens is 4. The van der Waals surface area contributed by atoms with Crippen LogP contribution in [-0.2, 0) is 4.79 Å². The molecule has 30 heavy (non-hydrogen) atoms. The van der Waals surface area contributed by atoms with Gasteiger partial charge in [-0.15, -0.1) is 0 Å². The molecule has 0 radical (unpaired) electrons. The molecular formula is C22H29N7O. The Morgan fingerprint density at radius 3 is 2.83 bits per heavy atom. The van der Waals surface area contributed by atoms with E-state index in [0.29, 0.717) is 24.8 Å². The predicted molar refractivity (Wildman–Crippen MR) is 119 cm³/mol. The van der Waals surface area contributed by atoms with Crippen LogP contribution >= 0.6 is 0 Å². The molecule has 8 nitrogen and oxygen atoms in total. The van der Waals surface area contributed by atoms with Gasteiger partial charge in [-0.25, -0.2) is 15.0 Å². The molecule has 5 heterocycles.